The van der Waals surface area contributed by atoms with Crippen LogP contribution in [0.1, 0.15) is 6.42 Å². The van der Waals surface area contributed by atoms with Gasteiger partial charge in [0, 0.05) is 24.9 Å². The average molecular weight is 280 g/mol. The molecule has 102 valence electrons. The summed E-state index contributed by atoms with van der Waals surface area (Å²) in [6, 6.07) is 7.74. The summed E-state index contributed by atoms with van der Waals surface area (Å²) in [5, 5.41) is 1.18. The molecule has 0 saturated heterocycles. The molecule has 1 aliphatic rings. The Hall–Kier alpha value is -1.53. The van der Waals surface area contributed by atoms with Crippen LogP contribution in [0.5, 0.6) is 0 Å². The zero-order chi connectivity index (χ0) is 13.8. The number of hydrogen-bond donors (Lipinski definition) is 0. The van der Waals surface area contributed by atoms with Crippen LogP contribution >= 0.6 is 11.8 Å². The van der Waals surface area contributed by atoms with Crippen LogP contribution in [0.15, 0.2) is 29.2 Å². The molecule has 1 heterocycles. The van der Waals surface area contributed by atoms with Gasteiger partial charge in [0.25, 0.3) is 0 Å². The van der Waals surface area contributed by atoms with Crippen LogP contribution in [0.3, 0.4) is 0 Å². The predicted molar refractivity (Wildman–Crippen MR) is 73.9 cm³/mol. The topological polar surface area (TPSA) is 49.9 Å². The molecular weight excluding hydrogens is 264 g/mol. The zero-order valence-corrected chi connectivity index (χ0v) is 11.8. The highest BCUT2D eigenvalue weighted by Gasteiger charge is 2.25. The first-order chi connectivity index (χ1) is 9.13. The van der Waals surface area contributed by atoms with E-state index in [2.05, 4.69) is 0 Å². The number of nitrogens with zero attached hydrogens (tertiary/aromatic N) is 2. The van der Waals surface area contributed by atoms with E-state index in [4.69, 9.17) is 4.84 Å². The predicted octanol–water partition coefficient (Wildman–Crippen LogP) is 1.54. The Balaban J connectivity index is 2.08. The van der Waals surface area contributed by atoms with E-state index in [1.165, 1.54) is 23.9 Å². The maximum absolute atomic E-state index is 12.0. The van der Waals surface area contributed by atoms with Crippen molar-refractivity contribution in [1.29, 1.82) is 0 Å². The molecular formula is C13H16N2O3S. The largest absolute Gasteiger partial charge is 0.310 e. The van der Waals surface area contributed by atoms with Crippen LogP contribution in [-0.4, -0.2) is 43.3 Å². The number of hydrogen-bond acceptors (Lipinski definition) is 4. The minimum Gasteiger partial charge on any atom is -0.310 e. The number of fused-ring (bicyclic) bond motifs is 1. The van der Waals surface area contributed by atoms with Gasteiger partial charge in [0.2, 0.25) is 11.8 Å². The van der Waals surface area contributed by atoms with E-state index in [1.54, 1.807) is 11.9 Å². The van der Waals surface area contributed by atoms with Crippen molar-refractivity contribution in [1.82, 2.24) is 5.06 Å². The summed E-state index contributed by atoms with van der Waals surface area (Å²) >= 11 is 1.53. The third kappa shape index (κ3) is 3.08. The fourth-order valence-electron chi connectivity index (χ4n) is 1.87. The molecule has 0 saturated carbocycles. The first kappa shape index (κ1) is 13.9. The van der Waals surface area contributed by atoms with E-state index in [1.807, 2.05) is 24.3 Å². The van der Waals surface area contributed by atoms with Crippen LogP contribution in [0.25, 0.3) is 0 Å². The van der Waals surface area contributed by atoms with E-state index in [0.29, 0.717) is 12.3 Å². The number of rotatable bonds is 4. The summed E-state index contributed by atoms with van der Waals surface area (Å²) < 4.78 is 0. The molecule has 0 radical (unpaired) electrons. The van der Waals surface area contributed by atoms with Gasteiger partial charge in [-0.25, -0.2) is 5.06 Å². The van der Waals surface area contributed by atoms with Crippen LogP contribution in [0, 0.1) is 0 Å². The Labute approximate surface area is 116 Å². The molecule has 2 amide bonds. The number of para-hydroxylation sites is 1. The number of hydroxylamine groups is 2. The first-order valence-corrected chi connectivity index (χ1v) is 6.95. The maximum atomic E-state index is 12.0. The number of anilines is 1. The number of carbonyl (C=O) groups is 2. The van der Waals surface area contributed by atoms with Crippen LogP contribution in [0.4, 0.5) is 5.69 Å². The van der Waals surface area contributed by atoms with E-state index < -0.39 is 0 Å². The lowest BCUT2D eigenvalue weighted by molar-refractivity contribution is -0.168. The second-order valence-corrected chi connectivity index (χ2v) is 5.14. The molecule has 6 heteroatoms. The van der Waals surface area contributed by atoms with E-state index >= 15 is 0 Å². The summed E-state index contributed by atoms with van der Waals surface area (Å²) in [4.78, 5) is 31.2. The lowest BCUT2D eigenvalue weighted by atomic mass is 10.2. The minimum atomic E-state index is -0.147. The monoisotopic (exact) mass is 280 g/mol. The molecule has 0 bridgehead atoms. The minimum absolute atomic E-state index is 0.0385. The molecule has 0 aromatic heterocycles. The lowest BCUT2D eigenvalue weighted by Crippen LogP contribution is -2.38. The molecule has 5 nitrogen and oxygen atoms in total. The van der Waals surface area contributed by atoms with Crippen molar-refractivity contribution in [2.75, 3.05) is 31.4 Å². The number of thioether (sulfide) groups is 1. The normalized spacial score (nSPS) is 14.2. The fraction of sp³-hybridized carbons (Fsp3) is 0.385. The Morgan fingerprint density at radius 3 is 2.95 bits per heavy atom. The van der Waals surface area contributed by atoms with Crippen molar-refractivity contribution in [3.63, 3.8) is 0 Å². The van der Waals surface area contributed by atoms with Gasteiger partial charge in [0.1, 0.15) is 0 Å². The van der Waals surface area contributed by atoms with E-state index in [9.17, 15) is 9.59 Å². The summed E-state index contributed by atoms with van der Waals surface area (Å²) in [5.74, 6) is 0.313. The van der Waals surface area contributed by atoms with Gasteiger partial charge < -0.3 is 4.90 Å². The summed E-state index contributed by atoms with van der Waals surface area (Å²) in [6.07, 6.45) is 0.245. The standard InChI is InChI=1S/C13H16N2O3S/c1-14(18-2)12(16)7-8-15-10-5-3-4-6-11(10)19-9-13(15)17/h3-6H,7-9H2,1-2H3. The molecule has 0 N–H and O–H groups in total. The number of amides is 2. The lowest BCUT2D eigenvalue weighted by Gasteiger charge is -2.29. The molecule has 1 aromatic rings. The van der Waals surface area contributed by atoms with Gasteiger partial charge in [-0.3, -0.25) is 14.4 Å². The molecule has 0 atom stereocenters. The number of benzene rings is 1. The van der Waals surface area contributed by atoms with Gasteiger partial charge in [-0.2, -0.15) is 0 Å². The Morgan fingerprint density at radius 2 is 2.21 bits per heavy atom. The zero-order valence-electron chi connectivity index (χ0n) is 11.0. The second-order valence-electron chi connectivity index (χ2n) is 4.13. The molecule has 2 rings (SSSR count). The molecule has 0 aliphatic carbocycles. The van der Waals surface area contributed by atoms with Gasteiger partial charge in [0.05, 0.1) is 18.6 Å². The van der Waals surface area contributed by atoms with Crippen LogP contribution in [-0.2, 0) is 14.4 Å². The highest BCUT2D eigenvalue weighted by Crippen LogP contribution is 2.34. The molecule has 0 spiro atoms. The fourth-order valence-corrected chi connectivity index (χ4v) is 2.80. The van der Waals surface area contributed by atoms with Gasteiger partial charge in [-0.15, -0.1) is 11.8 Å². The highest BCUT2D eigenvalue weighted by molar-refractivity contribution is 8.00. The molecule has 1 aliphatic heterocycles. The third-order valence-electron chi connectivity index (χ3n) is 2.98. The summed E-state index contributed by atoms with van der Waals surface area (Å²) in [7, 11) is 3.00. The van der Waals surface area contributed by atoms with Crippen molar-refractivity contribution in [2.24, 2.45) is 0 Å². The summed E-state index contributed by atoms with van der Waals surface area (Å²) in [6.45, 7) is 0.378. The van der Waals surface area contributed by atoms with E-state index in [0.717, 1.165) is 10.6 Å². The van der Waals surface area contributed by atoms with Crippen molar-refractivity contribution in [2.45, 2.75) is 11.3 Å². The number of carbonyl (C=O) groups excluding carboxylic acids is 2. The quantitative estimate of drug-likeness (QED) is 0.785. The van der Waals surface area contributed by atoms with Crippen molar-refractivity contribution >= 4 is 29.3 Å². The van der Waals surface area contributed by atoms with Gasteiger partial charge in [-0.05, 0) is 12.1 Å². The van der Waals surface area contributed by atoms with Crippen molar-refractivity contribution in [3.8, 4) is 0 Å². The smallest absolute Gasteiger partial charge is 0.247 e. The molecule has 19 heavy (non-hydrogen) atoms. The van der Waals surface area contributed by atoms with Crippen molar-refractivity contribution < 1.29 is 14.4 Å². The molecule has 1 aromatic carbocycles. The van der Waals surface area contributed by atoms with Gasteiger partial charge in [-0.1, -0.05) is 12.1 Å². The Morgan fingerprint density at radius 1 is 1.47 bits per heavy atom. The Bertz CT molecular complexity index is 493. The molecule has 0 fully saturated rings. The third-order valence-corrected chi connectivity index (χ3v) is 4.03. The first-order valence-electron chi connectivity index (χ1n) is 5.96. The molecule has 0 unspecified atom stereocenters. The SMILES string of the molecule is CON(C)C(=O)CCN1C(=O)CSc2ccccc21. The average Bonchev–Trinajstić information content (AvgIpc) is 2.45. The Kier molecular flexibility index (Phi) is 4.44. The van der Waals surface area contributed by atoms with Crippen LogP contribution < -0.4 is 4.90 Å². The van der Waals surface area contributed by atoms with Gasteiger partial charge >= 0.3 is 0 Å². The second kappa shape index (κ2) is 6.08. The summed E-state index contributed by atoms with van der Waals surface area (Å²) in [5.41, 5.74) is 0.886. The van der Waals surface area contributed by atoms with Crippen molar-refractivity contribution in [3.05, 3.63) is 24.3 Å². The van der Waals surface area contributed by atoms with Crippen LogP contribution in [0.2, 0.25) is 0 Å². The highest BCUT2D eigenvalue weighted by atomic mass is 32.2. The van der Waals surface area contributed by atoms with Gasteiger partial charge in [0.15, 0.2) is 0 Å². The maximum Gasteiger partial charge on any atom is 0.247 e. The van der Waals surface area contributed by atoms with E-state index in [-0.39, 0.29) is 18.2 Å².